The molecule has 5 nitrogen and oxygen atoms in total. The summed E-state index contributed by atoms with van der Waals surface area (Å²) in [5.74, 6) is 0.469. The van der Waals surface area contributed by atoms with Crippen LogP contribution in [0.2, 0.25) is 0 Å². The highest BCUT2D eigenvalue weighted by molar-refractivity contribution is 5.62. The van der Waals surface area contributed by atoms with E-state index in [1.165, 1.54) is 6.33 Å². The Morgan fingerprint density at radius 2 is 1.84 bits per heavy atom. The lowest BCUT2D eigenvalue weighted by Crippen LogP contribution is -1.95. The minimum absolute atomic E-state index is 0.469. The van der Waals surface area contributed by atoms with Crippen LogP contribution in [0, 0.1) is 6.92 Å². The Hall–Kier alpha value is -2.69. The molecule has 2 aromatic heterocycles. The number of benzene rings is 1. The summed E-state index contributed by atoms with van der Waals surface area (Å²) >= 11 is 0. The molecule has 5 heteroatoms. The Bertz CT molecular complexity index is 700. The normalized spacial score (nSPS) is 10.6. The maximum atomic E-state index is 5.65. The zero-order valence-corrected chi connectivity index (χ0v) is 10.5. The Morgan fingerprint density at radius 3 is 2.47 bits per heavy atom. The molecule has 0 amide bonds. The van der Waals surface area contributed by atoms with E-state index in [2.05, 4.69) is 15.1 Å². The molecule has 0 bridgehead atoms. The van der Waals surface area contributed by atoms with Gasteiger partial charge in [0.2, 0.25) is 0 Å². The second kappa shape index (κ2) is 4.53. The molecule has 3 rings (SSSR count). The van der Waals surface area contributed by atoms with Gasteiger partial charge in [-0.1, -0.05) is 12.1 Å². The van der Waals surface area contributed by atoms with Gasteiger partial charge in [-0.15, -0.1) is 0 Å². The SMILES string of the molecule is Cc1ccn(-c2ccc(-c3cc(N)ncn3)cc2)n1. The molecule has 1 aromatic carbocycles. The molecule has 19 heavy (non-hydrogen) atoms. The number of nitrogens with zero attached hydrogens (tertiary/aromatic N) is 4. The average Bonchev–Trinajstić information content (AvgIpc) is 2.86. The fourth-order valence-corrected chi connectivity index (χ4v) is 1.87. The highest BCUT2D eigenvalue weighted by Gasteiger charge is 2.02. The molecular weight excluding hydrogens is 238 g/mol. The van der Waals surface area contributed by atoms with Gasteiger partial charge in [-0.05, 0) is 25.1 Å². The minimum atomic E-state index is 0.469. The van der Waals surface area contributed by atoms with Gasteiger partial charge in [0, 0.05) is 17.8 Å². The van der Waals surface area contributed by atoms with Gasteiger partial charge >= 0.3 is 0 Å². The third-order valence-electron chi connectivity index (χ3n) is 2.84. The van der Waals surface area contributed by atoms with Crippen LogP contribution in [0.25, 0.3) is 16.9 Å². The Kier molecular flexibility index (Phi) is 2.72. The number of hydrogen-bond donors (Lipinski definition) is 1. The number of nitrogen functional groups attached to an aromatic ring is 1. The summed E-state index contributed by atoms with van der Waals surface area (Å²) in [5, 5.41) is 4.37. The van der Waals surface area contributed by atoms with Gasteiger partial charge in [0.1, 0.15) is 12.1 Å². The van der Waals surface area contributed by atoms with Crippen LogP contribution in [0.3, 0.4) is 0 Å². The predicted octanol–water partition coefficient (Wildman–Crippen LogP) is 2.22. The van der Waals surface area contributed by atoms with E-state index in [1.54, 1.807) is 6.07 Å². The maximum absolute atomic E-state index is 5.65. The Labute approximate surface area is 110 Å². The fraction of sp³-hybridized carbons (Fsp3) is 0.0714. The first-order valence-electron chi connectivity index (χ1n) is 5.93. The largest absolute Gasteiger partial charge is 0.384 e. The van der Waals surface area contributed by atoms with Crippen molar-refractivity contribution in [1.82, 2.24) is 19.7 Å². The first kappa shape index (κ1) is 11.4. The van der Waals surface area contributed by atoms with E-state index in [0.29, 0.717) is 5.82 Å². The summed E-state index contributed by atoms with van der Waals surface area (Å²) in [6.07, 6.45) is 3.41. The molecule has 2 heterocycles. The van der Waals surface area contributed by atoms with Crippen molar-refractivity contribution in [2.45, 2.75) is 6.92 Å². The maximum Gasteiger partial charge on any atom is 0.127 e. The smallest absolute Gasteiger partial charge is 0.127 e. The van der Waals surface area contributed by atoms with Gasteiger partial charge in [-0.25, -0.2) is 14.6 Å². The highest BCUT2D eigenvalue weighted by atomic mass is 15.3. The van der Waals surface area contributed by atoms with Crippen LogP contribution in [-0.2, 0) is 0 Å². The van der Waals surface area contributed by atoms with E-state index < -0.39 is 0 Å². The van der Waals surface area contributed by atoms with Gasteiger partial charge in [-0.2, -0.15) is 5.10 Å². The molecule has 3 aromatic rings. The first-order chi connectivity index (χ1) is 9.22. The summed E-state index contributed by atoms with van der Waals surface area (Å²) in [6.45, 7) is 1.97. The average molecular weight is 251 g/mol. The zero-order valence-electron chi connectivity index (χ0n) is 10.5. The van der Waals surface area contributed by atoms with Crippen molar-refractivity contribution in [2.24, 2.45) is 0 Å². The molecule has 0 aliphatic carbocycles. The van der Waals surface area contributed by atoms with E-state index >= 15 is 0 Å². The number of rotatable bonds is 2. The van der Waals surface area contributed by atoms with Crippen molar-refractivity contribution in [3.63, 3.8) is 0 Å². The van der Waals surface area contributed by atoms with Gasteiger partial charge in [-0.3, -0.25) is 0 Å². The molecule has 0 fully saturated rings. The number of nitrogens with two attached hydrogens (primary N) is 1. The predicted molar refractivity (Wildman–Crippen MR) is 73.7 cm³/mol. The molecule has 0 aliphatic heterocycles. The molecular formula is C14H13N5. The molecule has 2 N–H and O–H groups in total. The topological polar surface area (TPSA) is 69.6 Å². The third kappa shape index (κ3) is 2.30. The molecule has 0 saturated heterocycles. The quantitative estimate of drug-likeness (QED) is 0.758. The Balaban J connectivity index is 1.95. The molecule has 0 radical (unpaired) electrons. The number of hydrogen-bond acceptors (Lipinski definition) is 4. The van der Waals surface area contributed by atoms with Crippen LogP contribution >= 0.6 is 0 Å². The lowest BCUT2D eigenvalue weighted by Gasteiger charge is -2.04. The molecule has 0 unspecified atom stereocenters. The van der Waals surface area contributed by atoms with Gasteiger partial charge < -0.3 is 5.73 Å². The van der Waals surface area contributed by atoms with Crippen LogP contribution < -0.4 is 5.73 Å². The van der Waals surface area contributed by atoms with Crippen LogP contribution in [-0.4, -0.2) is 19.7 Å². The van der Waals surface area contributed by atoms with Crippen LogP contribution in [0.5, 0.6) is 0 Å². The summed E-state index contributed by atoms with van der Waals surface area (Å²) in [6, 6.07) is 11.7. The number of aromatic nitrogens is 4. The lowest BCUT2D eigenvalue weighted by atomic mass is 10.1. The Morgan fingerprint density at radius 1 is 1.05 bits per heavy atom. The first-order valence-corrected chi connectivity index (χ1v) is 5.93. The molecule has 94 valence electrons. The van der Waals surface area contributed by atoms with Gasteiger partial charge in [0.05, 0.1) is 17.1 Å². The van der Waals surface area contributed by atoms with Crippen LogP contribution in [0.4, 0.5) is 5.82 Å². The lowest BCUT2D eigenvalue weighted by molar-refractivity contribution is 0.863. The number of aryl methyl sites for hydroxylation is 1. The molecule has 0 spiro atoms. The molecule has 0 aliphatic rings. The summed E-state index contributed by atoms with van der Waals surface area (Å²) < 4.78 is 1.84. The fourth-order valence-electron chi connectivity index (χ4n) is 1.87. The van der Waals surface area contributed by atoms with E-state index in [0.717, 1.165) is 22.6 Å². The standard InChI is InChI=1S/C14H13N5/c1-10-6-7-19(18-10)12-4-2-11(3-5-12)13-8-14(15)17-9-16-13/h2-9H,1H3,(H2,15,16,17). The van der Waals surface area contributed by atoms with Gasteiger partial charge in [0.25, 0.3) is 0 Å². The highest BCUT2D eigenvalue weighted by Crippen LogP contribution is 2.19. The van der Waals surface area contributed by atoms with Gasteiger partial charge in [0.15, 0.2) is 0 Å². The van der Waals surface area contributed by atoms with Crippen molar-refractivity contribution < 1.29 is 0 Å². The summed E-state index contributed by atoms with van der Waals surface area (Å²) in [4.78, 5) is 8.09. The van der Waals surface area contributed by atoms with Crippen molar-refractivity contribution in [2.75, 3.05) is 5.73 Å². The number of anilines is 1. The summed E-state index contributed by atoms with van der Waals surface area (Å²) in [7, 11) is 0. The van der Waals surface area contributed by atoms with Crippen molar-refractivity contribution in [3.8, 4) is 16.9 Å². The second-order valence-electron chi connectivity index (χ2n) is 4.28. The van der Waals surface area contributed by atoms with Crippen molar-refractivity contribution in [3.05, 3.63) is 54.6 Å². The zero-order chi connectivity index (χ0) is 13.2. The van der Waals surface area contributed by atoms with Crippen molar-refractivity contribution in [1.29, 1.82) is 0 Å². The van der Waals surface area contributed by atoms with Crippen LogP contribution in [0.15, 0.2) is 48.9 Å². The van der Waals surface area contributed by atoms with Crippen molar-refractivity contribution >= 4 is 5.82 Å². The van der Waals surface area contributed by atoms with E-state index in [4.69, 9.17) is 5.73 Å². The monoisotopic (exact) mass is 251 g/mol. The molecule has 0 atom stereocenters. The van der Waals surface area contributed by atoms with E-state index in [-0.39, 0.29) is 0 Å². The minimum Gasteiger partial charge on any atom is -0.384 e. The third-order valence-corrected chi connectivity index (χ3v) is 2.84. The second-order valence-corrected chi connectivity index (χ2v) is 4.28. The summed E-state index contributed by atoms with van der Waals surface area (Å²) in [5.41, 5.74) is 9.48. The van der Waals surface area contributed by atoms with E-state index in [1.807, 2.05) is 48.1 Å². The van der Waals surface area contributed by atoms with E-state index in [9.17, 15) is 0 Å². The molecule has 0 saturated carbocycles. The van der Waals surface area contributed by atoms with Crippen LogP contribution in [0.1, 0.15) is 5.69 Å².